The molecule has 1 unspecified atom stereocenters. The lowest BCUT2D eigenvalue weighted by atomic mass is 10.2. The zero-order valence-electron chi connectivity index (χ0n) is 17.2. The Morgan fingerprint density at radius 2 is 2.00 bits per heavy atom. The number of amides is 1. The van der Waals surface area contributed by atoms with Gasteiger partial charge in [-0.25, -0.2) is 9.59 Å². The quantitative estimate of drug-likeness (QED) is 0.276. The number of thioether (sulfide) groups is 1. The van der Waals surface area contributed by atoms with Crippen LogP contribution in [-0.4, -0.2) is 64.9 Å². The number of nitrogens with zero attached hydrogens (tertiary/aromatic N) is 1. The zero-order valence-corrected chi connectivity index (χ0v) is 18.0. The molecule has 0 spiro atoms. The summed E-state index contributed by atoms with van der Waals surface area (Å²) < 4.78 is 14.9. The molecule has 0 aromatic heterocycles. The van der Waals surface area contributed by atoms with Crippen molar-refractivity contribution in [2.45, 2.75) is 38.2 Å². The Labute approximate surface area is 177 Å². The van der Waals surface area contributed by atoms with E-state index < -0.39 is 28.6 Å². The molecule has 0 aliphatic carbocycles. The van der Waals surface area contributed by atoms with Crippen molar-refractivity contribution in [3.63, 3.8) is 0 Å². The van der Waals surface area contributed by atoms with Crippen LogP contribution in [0.5, 0.6) is 11.5 Å². The van der Waals surface area contributed by atoms with Crippen molar-refractivity contribution in [2.24, 2.45) is 0 Å². The number of alkyl carbamates (subject to hydrolysis) is 1. The highest BCUT2D eigenvalue weighted by molar-refractivity contribution is 7.98. The van der Waals surface area contributed by atoms with Gasteiger partial charge >= 0.3 is 12.1 Å². The van der Waals surface area contributed by atoms with E-state index in [9.17, 15) is 24.8 Å². The van der Waals surface area contributed by atoms with E-state index in [1.54, 1.807) is 20.8 Å². The maximum Gasteiger partial charge on any atom is 0.408 e. The van der Waals surface area contributed by atoms with Crippen molar-refractivity contribution in [1.29, 1.82) is 0 Å². The van der Waals surface area contributed by atoms with Gasteiger partial charge < -0.3 is 29.7 Å². The molecule has 1 atom stereocenters. The molecule has 0 fully saturated rings. The van der Waals surface area contributed by atoms with Crippen molar-refractivity contribution in [2.75, 3.05) is 26.1 Å². The first-order chi connectivity index (χ1) is 14.0. The van der Waals surface area contributed by atoms with Gasteiger partial charge in [-0.05, 0) is 26.8 Å². The third-order valence-corrected chi connectivity index (χ3v) is 4.51. The highest BCUT2D eigenvalue weighted by Crippen LogP contribution is 2.35. The van der Waals surface area contributed by atoms with Crippen LogP contribution in [0, 0.1) is 10.1 Å². The van der Waals surface area contributed by atoms with Gasteiger partial charge in [-0.2, -0.15) is 11.8 Å². The molecule has 1 aromatic rings. The number of esters is 1. The van der Waals surface area contributed by atoms with Crippen LogP contribution in [-0.2, 0) is 20.0 Å². The number of aliphatic hydroxyl groups excluding tert-OH is 1. The predicted octanol–water partition coefficient (Wildman–Crippen LogP) is 1.97. The summed E-state index contributed by atoms with van der Waals surface area (Å²) in [5.74, 6) is -1.02. The van der Waals surface area contributed by atoms with Gasteiger partial charge in [0.2, 0.25) is 0 Å². The van der Waals surface area contributed by atoms with E-state index >= 15 is 0 Å². The first-order valence-corrected chi connectivity index (χ1v) is 10.0. The average Bonchev–Trinajstić information content (AvgIpc) is 2.64. The Morgan fingerprint density at radius 3 is 2.53 bits per heavy atom. The zero-order chi connectivity index (χ0) is 22.9. The van der Waals surface area contributed by atoms with E-state index in [0.717, 1.165) is 17.8 Å². The van der Waals surface area contributed by atoms with Crippen LogP contribution in [0.1, 0.15) is 26.3 Å². The van der Waals surface area contributed by atoms with Gasteiger partial charge in [-0.15, -0.1) is 0 Å². The van der Waals surface area contributed by atoms with Gasteiger partial charge in [0.1, 0.15) is 18.2 Å². The molecule has 1 amide bonds. The number of benzene rings is 1. The summed E-state index contributed by atoms with van der Waals surface area (Å²) in [5, 5.41) is 32.5. The normalized spacial score (nSPS) is 12.0. The smallest absolute Gasteiger partial charge is 0.408 e. The summed E-state index contributed by atoms with van der Waals surface area (Å²) >= 11 is 1.11. The molecule has 0 aliphatic heterocycles. The Bertz CT molecular complexity index is 765. The summed E-state index contributed by atoms with van der Waals surface area (Å²) in [6, 6.07) is 1.22. The minimum atomic E-state index is -1.03. The van der Waals surface area contributed by atoms with Crippen LogP contribution in [0.3, 0.4) is 0 Å². The van der Waals surface area contributed by atoms with Crippen molar-refractivity contribution >= 4 is 29.5 Å². The largest absolute Gasteiger partial charge is 0.504 e. The molecular weight excluding hydrogens is 420 g/mol. The van der Waals surface area contributed by atoms with Crippen LogP contribution in [0.2, 0.25) is 0 Å². The molecule has 0 saturated carbocycles. The fraction of sp³-hybridized carbons (Fsp3) is 0.556. The number of phenolic OH excluding ortho intramolecular Hbond substituents is 1. The molecule has 168 valence electrons. The number of hydrogen-bond acceptors (Lipinski definition) is 10. The lowest BCUT2D eigenvalue weighted by Gasteiger charge is -2.22. The summed E-state index contributed by atoms with van der Waals surface area (Å²) in [4.78, 5) is 34.6. The number of hydrogen-bond donors (Lipinski definition) is 3. The number of nitrogens with one attached hydrogen (secondary N) is 1. The maximum atomic E-state index is 11.9. The molecule has 1 aromatic carbocycles. The van der Waals surface area contributed by atoms with Gasteiger partial charge in [0.15, 0.2) is 11.5 Å². The molecular formula is C18H26N2O9S. The van der Waals surface area contributed by atoms with E-state index in [4.69, 9.17) is 14.6 Å². The summed E-state index contributed by atoms with van der Waals surface area (Å²) in [7, 11) is 1.17. The van der Waals surface area contributed by atoms with Gasteiger partial charge in [0, 0.05) is 17.1 Å². The van der Waals surface area contributed by atoms with Gasteiger partial charge in [-0.1, -0.05) is 0 Å². The van der Waals surface area contributed by atoms with E-state index in [0.29, 0.717) is 0 Å². The Hall–Kier alpha value is -2.73. The third-order valence-electron chi connectivity index (χ3n) is 3.42. The standard InChI is InChI=1S/C18H26N2O9S/c1-18(2,3)29-17(24)19-12(16(23)27-4)10-30-9-11-7-14(22)15(28-6-5-21)8-13(11)20(25)26/h7-8,12,21-22H,5-6,9-10H2,1-4H3,(H,19,24). The monoisotopic (exact) mass is 446 g/mol. The number of nitro benzene ring substituents is 1. The topological polar surface area (TPSA) is 157 Å². The number of ether oxygens (including phenoxy) is 3. The molecule has 30 heavy (non-hydrogen) atoms. The van der Waals surface area contributed by atoms with E-state index in [1.165, 1.54) is 13.2 Å². The van der Waals surface area contributed by atoms with Gasteiger partial charge in [0.25, 0.3) is 5.69 Å². The van der Waals surface area contributed by atoms with E-state index in [2.05, 4.69) is 10.1 Å². The number of phenols is 1. The minimum absolute atomic E-state index is 0.0482. The van der Waals surface area contributed by atoms with Crippen LogP contribution in [0.4, 0.5) is 10.5 Å². The van der Waals surface area contributed by atoms with Crippen LogP contribution >= 0.6 is 11.8 Å². The molecule has 0 bridgehead atoms. The minimum Gasteiger partial charge on any atom is -0.504 e. The molecule has 0 saturated heterocycles. The molecule has 12 heteroatoms. The second kappa shape index (κ2) is 11.5. The number of nitro groups is 1. The number of aromatic hydroxyl groups is 1. The molecule has 1 rings (SSSR count). The van der Waals surface area contributed by atoms with Gasteiger partial charge in [0.05, 0.1) is 24.7 Å². The molecule has 0 heterocycles. The lowest BCUT2D eigenvalue weighted by Crippen LogP contribution is -2.45. The highest BCUT2D eigenvalue weighted by Gasteiger charge is 2.26. The van der Waals surface area contributed by atoms with Crippen LogP contribution in [0.15, 0.2) is 12.1 Å². The van der Waals surface area contributed by atoms with Crippen molar-refractivity contribution in [1.82, 2.24) is 5.32 Å². The molecule has 3 N–H and O–H groups in total. The second-order valence-electron chi connectivity index (χ2n) is 7.01. The van der Waals surface area contributed by atoms with Crippen molar-refractivity contribution < 1.29 is 38.9 Å². The number of carbonyl (C=O) groups excluding carboxylic acids is 2. The van der Waals surface area contributed by atoms with E-state index in [1.807, 2.05) is 0 Å². The number of methoxy groups -OCH3 is 1. The van der Waals surface area contributed by atoms with Gasteiger partial charge in [-0.3, -0.25) is 10.1 Å². The number of rotatable bonds is 10. The lowest BCUT2D eigenvalue weighted by molar-refractivity contribution is -0.385. The first kappa shape index (κ1) is 25.3. The summed E-state index contributed by atoms with van der Waals surface area (Å²) in [5.41, 5.74) is -0.849. The van der Waals surface area contributed by atoms with E-state index in [-0.39, 0.29) is 47.5 Å². The molecule has 0 radical (unpaired) electrons. The van der Waals surface area contributed by atoms with Crippen molar-refractivity contribution in [3.8, 4) is 11.5 Å². The van der Waals surface area contributed by atoms with Crippen LogP contribution < -0.4 is 10.1 Å². The average molecular weight is 446 g/mol. The maximum absolute atomic E-state index is 11.9. The Morgan fingerprint density at radius 1 is 1.33 bits per heavy atom. The number of carbonyl (C=O) groups is 2. The summed E-state index contributed by atoms with van der Waals surface area (Å²) in [6.45, 7) is 4.58. The molecule has 0 aliphatic rings. The molecule has 11 nitrogen and oxygen atoms in total. The third kappa shape index (κ3) is 8.33. The number of aliphatic hydroxyl groups is 1. The fourth-order valence-electron chi connectivity index (χ4n) is 2.21. The van der Waals surface area contributed by atoms with Crippen molar-refractivity contribution in [3.05, 3.63) is 27.8 Å². The Kier molecular flexibility index (Phi) is 9.66. The Balaban J connectivity index is 2.86. The summed E-state index contributed by atoms with van der Waals surface area (Å²) in [6.07, 6.45) is -0.799. The SMILES string of the molecule is COC(=O)C(CSCc1cc(O)c(OCCO)cc1[N+](=O)[O-])NC(=O)OC(C)(C)C. The van der Waals surface area contributed by atoms with Crippen LogP contribution in [0.25, 0.3) is 0 Å². The first-order valence-electron chi connectivity index (χ1n) is 8.87. The second-order valence-corrected chi connectivity index (χ2v) is 8.05. The predicted molar refractivity (Wildman–Crippen MR) is 109 cm³/mol. The highest BCUT2D eigenvalue weighted by atomic mass is 32.2. The fourth-order valence-corrected chi connectivity index (χ4v) is 3.23.